The Morgan fingerprint density at radius 1 is 1.04 bits per heavy atom. The van der Waals surface area contributed by atoms with Crippen molar-refractivity contribution in [2.45, 2.75) is 13.8 Å². The highest BCUT2D eigenvalue weighted by Crippen LogP contribution is 2.19. The number of aryl methyl sites for hydroxylation is 2. The predicted octanol–water partition coefficient (Wildman–Crippen LogP) is 3.75. The van der Waals surface area contributed by atoms with Gasteiger partial charge in [-0.1, -0.05) is 47.7 Å². The first-order valence-electron chi connectivity index (χ1n) is 7.56. The third-order valence-electron chi connectivity index (χ3n) is 3.88. The fraction of sp³-hybridized carbons (Fsp3) is 0.105. The zero-order valence-electron chi connectivity index (χ0n) is 13.5. The van der Waals surface area contributed by atoms with Gasteiger partial charge in [-0.05, 0) is 48.7 Å². The normalized spacial score (nSPS) is 11.1. The Hall–Kier alpha value is -3.21. The third kappa shape index (κ3) is 3.10. The Balaban J connectivity index is 2.09. The highest BCUT2D eigenvalue weighted by atomic mass is 16.4. The Labute approximate surface area is 139 Å². The van der Waals surface area contributed by atoms with E-state index in [2.05, 4.69) is 10.3 Å². The first-order chi connectivity index (χ1) is 11.6. The molecule has 0 spiro atoms. The minimum absolute atomic E-state index is 0.0691. The summed E-state index contributed by atoms with van der Waals surface area (Å²) in [5.41, 5.74) is 4.40. The largest absolute Gasteiger partial charge is 0.476 e. The molecule has 5 heteroatoms. The van der Waals surface area contributed by atoms with Crippen molar-refractivity contribution < 1.29 is 9.90 Å². The lowest BCUT2D eigenvalue weighted by Gasteiger charge is -2.07. The van der Waals surface area contributed by atoms with E-state index in [1.807, 2.05) is 68.5 Å². The molecular formula is C19H17N3O2. The number of nitrogens with zero attached hydrogens (tertiary/aromatic N) is 3. The van der Waals surface area contributed by atoms with Gasteiger partial charge in [-0.25, -0.2) is 9.48 Å². The maximum Gasteiger partial charge on any atom is 0.358 e. The molecule has 0 bridgehead atoms. The molecule has 24 heavy (non-hydrogen) atoms. The lowest BCUT2D eigenvalue weighted by molar-refractivity contribution is 0.0690. The van der Waals surface area contributed by atoms with Crippen molar-refractivity contribution in [3.8, 4) is 5.69 Å². The van der Waals surface area contributed by atoms with Crippen LogP contribution in [0.3, 0.4) is 0 Å². The van der Waals surface area contributed by atoms with E-state index in [0.29, 0.717) is 5.69 Å². The fourth-order valence-electron chi connectivity index (χ4n) is 2.38. The van der Waals surface area contributed by atoms with E-state index < -0.39 is 5.97 Å². The van der Waals surface area contributed by atoms with Crippen LogP contribution in [0.4, 0.5) is 0 Å². The van der Waals surface area contributed by atoms with E-state index in [4.69, 9.17) is 0 Å². The lowest BCUT2D eigenvalue weighted by Crippen LogP contribution is -2.03. The molecule has 0 atom stereocenters. The number of carbonyl (C=O) groups is 1. The quantitative estimate of drug-likeness (QED) is 0.795. The molecule has 0 fully saturated rings. The van der Waals surface area contributed by atoms with Crippen molar-refractivity contribution in [2.24, 2.45) is 0 Å². The molecule has 1 aromatic heterocycles. The first-order valence-corrected chi connectivity index (χ1v) is 7.56. The molecule has 0 saturated carbocycles. The summed E-state index contributed by atoms with van der Waals surface area (Å²) < 4.78 is 1.55. The summed E-state index contributed by atoms with van der Waals surface area (Å²) in [7, 11) is 0. The Morgan fingerprint density at radius 2 is 1.79 bits per heavy atom. The van der Waals surface area contributed by atoms with Crippen LogP contribution in [0.5, 0.6) is 0 Å². The zero-order valence-corrected chi connectivity index (χ0v) is 13.5. The molecule has 5 nitrogen and oxygen atoms in total. The monoisotopic (exact) mass is 319 g/mol. The van der Waals surface area contributed by atoms with Crippen LogP contribution in [0.2, 0.25) is 0 Å². The highest BCUT2D eigenvalue weighted by molar-refractivity contribution is 5.90. The van der Waals surface area contributed by atoms with Crippen LogP contribution in [0.25, 0.3) is 17.8 Å². The summed E-state index contributed by atoms with van der Waals surface area (Å²) in [5, 5.41) is 17.2. The summed E-state index contributed by atoms with van der Waals surface area (Å²) in [6.45, 7) is 4.03. The van der Waals surface area contributed by atoms with Crippen LogP contribution >= 0.6 is 0 Å². The molecule has 0 aliphatic rings. The van der Waals surface area contributed by atoms with Crippen LogP contribution < -0.4 is 0 Å². The second-order valence-corrected chi connectivity index (χ2v) is 5.55. The molecule has 1 heterocycles. The Kier molecular flexibility index (Phi) is 4.24. The minimum Gasteiger partial charge on any atom is -0.476 e. The van der Waals surface area contributed by atoms with Gasteiger partial charge in [0, 0.05) is 0 Å². The molecule has 0 aliphatic carbocycles. The number of carboxylic acids is 1. The molecule has 1 N–H and O–H groups in total. The van der Waals surface area contributed by atoms with Crippen molar-refractivity contribution in [3.63, 3.8) is 0 Å². The van der Waals surface area contributed by atoms with E-state index in [0.717, 1.165) is 16.8 Å². The molecular weight excluding hydrogens is 302 g/mol. The number of benzene rings is 2. The van der Waals surface area contributed by atoms with Gasteiger partial charge in [0.15, 0.2) is 5.69 Å². The van der Waals surface area contributed by atoms with E-state index in [1.54, 1.807) is 10.8 Å². The standard InChI is InChI=1S/C19H17N3O2/c1-13-8-10-16(12-14(13)2)22-17(18(19(23)24)20-21-22)11-9-15-6-4-3-5-7-15/h3-12H,1-2H3,(H,23,24)/b11-9+. The van der Waals surface area contributed by atoms with E-state index in [1.165, 1.54) is 5.56 Å². The average Bonchev–Trinajstić information content (AvgIpc) is 3.00. The number of hydrogen-bond acceptors (Lipinski definition) is 3. The maximum absolute atomic E-state index is 11.4. The lowest BCUT2D eigenvalue weighted by atomic mass is 10.1. The van der Waals surface area contributed by atoms with Gasteiger partial charge in [0.05, 0.1) is 5.69 Å². The summed E-state index contributed by atoms with van der Waals surface area (Å²) in [6, 6.07) is 15.5. The van der Waals surface area contributed by atoms with Gasteiger partial charge in [0.25, 0.3) is 0 Å². The smallest absolute Gasteiger partial charge is 0.358 e. The molecule has 0 amide bonds. The number of hydrogen-bond donors (Lipinski definition) is 1. The van der Waals surface area contributed by atoms with E-state index >= 15 is 0 Å². The molecule has 3 aromatic rings. The van der Waals surface area contributed by atoms with Crippen LogP contribution in [0.15, 0.2) is 48.5 Å². The molecule has 120 valence electrons. The van der Waals surface area contributed by atoms with Crippen LogP contribution in [0, 0.1) is 13.8 Å². The molecule has 3 rings (SSSR count). The second kappa shape index (κ2) is 6.50. The number of rotatable bonds is 4. The van der Waals surface area contributed by atoms with Crippen molar-refractivity contribution in [3.05, 3.63) is 76.6 Å². The molecule has 0 aliphatic heterocycles. The topological polar surface area (TPSA) is 68.0 Å². The number of aromatic carboxylic acids is 1. The third-order valence-corrected chi connectivity index (χ3v) is 3.88. The Morgan fingerprint density at radius 3 is 2.46 bits per heavy atom. The van der Waals surface area contributed by atoms with Crippen LogP contribution in [-0.2, 0) is 0 Å². The first kappa shape index (κ1) is 15.7. The summed E-state index contributed by atoms with van der Waals surface area (Å²) in [5.74, 6) is -1.10. The van der Waals surface area contributed by atoms with Gasteiger partial charge >= 0.3 is 5.97 Å². The summed E-state index contributed by atoms with van der Waals surface area (Å²) >= 11 is 0. The van der Waals surface area contributed by atoms with Gasteiger partial charge in [0.2, 0.25) is 0 Å². The van der Waals surface area contributed by atoms with Gasteiger partial charge in [0.1, 0.15) is 5.69 Å². The average molecular weight is 319 g/mol. The Bertz CT molecular complexity index is 912. The molecule has 0 saturated heterocycles. The summed E-state index contributed by atoms with van der Waals surface area (Å²) in [4.78, 5) is 11.4. The zero-order chi connectivity index (χ0) is 17.1. The van der Waals surface area contributed by atoms with Crippen molar-refractivity contribution >= 4 is 18.1 Å². The van der Waals surface area contributed by atoms with Crippen LogP contribution in [0.1, 0.15) is 32.9 Å². The molecule has 0 unspecified atom stereocenters. The minimum atomic E-state index is -1.10. The van der Waals surface area contributed by atoms with Crippen molar-refractivity contribution in [2.75, 3.05) is 0 Å². The summed E-state index contributed by atoms with van der Waals surface area (Å²) in [6.07, 6.45) is 3.58. The van der Waals surface area contributed by atoms with E-state index in [9.17, 15) is 9.90 Å². The van der Waals surface area contributed by atoms with Gasteiger partial charge < -0.3 is 5.11 Å². The molecule has 0 radical (unpaired) electrons. The second-order valence-electron chi connectivity index (χ2n) is 5.55. The number of carboxylic acid groups (broad SMARTS) is 1. The number of aromatic nitrogens is 3. The van der Waals surface area contributed by atoms with Gasteiger partial charge in [-0.3, -0.25) is 0 Å². The van der Waals surface area contributed by atoms with Crippen molar-refractivity contribution in [1.29, 1.82) is 0 Å². The SMILES string of the molecule is Cc1ccc(-n2nnc(C(=O)O)c2/C=C/c2ccccc2)cc1C. The molecule has 2 aromatic carbocycles. The highest BCUT2D eigenvalue weighted by Gasteiger charge is 2.18. The van der Waals surface area contributed by atoms with Gasteiger partial charge in [-0.15, -0.1) is 5.10 Å². The van der Waals surface area contributed by atoms with Crippen LogP contribution in [-0.4, -0.2) is 26.1 Å². The van der Waals surface area contributed by atoms with E-state index in [-0.39, 0.29) is 5.69 Å². The fourth-order valence-corrected chi connectivity index (χ4v) is 2.38. The predicted molar refractivity (Wildman–Crippen MR) is 93.2 cm³/mol. The van der Waals surface area contributed by atoms with Crippen molar-refractivity contribution in [1.82, 2.24) is 15.0 Å². The maximum atomic E-state index is 11.4. The van der Waals surface area contributed by atoms with Gasteiger partial charge in [-0.2, -0.15) is 0 Å².